The SMILES string of the molecule is CN1CCCC(N2CC(NC(=O)C#CC3CC3)C2)C1=O. The van der Waals surface area contributed by atoms with Crippen LogP contribution in [0.25, 0.3) is 0 Å². The van der Waals surface area contributed by atoms with Gasteiger partial charge in [0.05, 0.1) is 12.1 Å². The van der Waals surface area contributed by atoms with E-state index in [0.29, 0.717) is 5.92 Å². The molecule has 1 atom stereocenters. The average Bonchev–Trinajstić information content (AvgIpc) is 3.19. The first-order valence-electron chi connectivity index (χ1n) is 7.44. The molecule has 1 unspecified atom stereocenters. The van der Waals surface area contributed by atoms with Crippen molar-refractivity contribution in [1.82, 2.24) is 15.1 Å². The van der Waals surface area contributed by atoms with Crippen molar-refractivity contribution in [3.63, 3.8) is 0 Å². The molecule has 5 nitrogen and oxygen atoms in total. The molecule has 5 heteroatoms. The first-order valence-corrected chi connectivity index (χ1v) is 7.44. The van der Waals surface area contributed by atoms with Crippen LogP contribution in [0.15, 0.2) is 0 Å². The molecule has 1 N–H and O–H groups in total. The highest BCUT2D eigenvalue weighted by atomic mass is 16.2. The van der Waals surface area contributed by atoms with Crippen LogP contribution >= 0.6 is 0 Å². The predicted molar refractivity (Wildman–Crippen MR) is 74.7 cm³/mol. The Labute approximate surface area is 119 Å². The molecule has 0 aromatic heterocycles. The molecule has 0 spiro atoms. The lowest BCUT2D eigenvalue weighted by molar-refractivity contribution is -0.141. The van der Waals surface area contributed by atoms with Crippen LogP contribution in [0.1, 0.15) is 25.7 Å². The maximum Gasteiger partial charge on any atom is 0.296 e. The third kappa shape index (κ3) is 2.96. The monoisotopic (exact) mass is 275 g/mol. The summed E-state index contributed by atoms with van der Waals surface area (Å²) < 4.78 is 0. The minimum Gasteiger partial charge on any atom is -0.344 e. The fourth-order valence-corrected chi connectivity index (χ4v) is 2.82. The molecule has 3 rings (SSSR count). The van der Waals surface area contributed by atoms with Crippen LogP contribution in [-0.2, 0) is 9.59 Å². The van der Waals surface area contributed by atoms with Gasteiger partial charge in [-0.3, -0.25) is 14.5 Å². The maximum absolute atomic E-state index is 12.0. The molecule has 3 aliphatic rings. The lowest BCUT2D eigenvalue weighted by Crippen LogP contribution is -2.65. The van der Waals surface area contributed by atoms with Gasteiger partial charge in [-0.15, -0.1) is 0 Å². The summed E-state index contributed by atoms with van der Waals surface area (Å²) >= 11 is 0. The van der Waals surface area contributed by atoms with Crippen LogP contribution in [0.2, 0.25) is 0 Å². The second-order valence-corrected chi connectivity index (χ2v) is 6.09. The fraction of sp³-hybridized carbons (Fsp3) is 0.733. The molecule has 20 heavy (non-hydrogen) atoms. The number of likely N-dealkylation sites (tertiary alicyclic amines) is 2. The highest BCUT2D eigenvalue weighted by Crippen LogP contribution is 2.27. The van der Waals surface area contributed by atoms with E-state index < -0.39 is 0 Å². The topological polar surface area (TPSA) is 52.6 Å². The van der Waals surface area contributed by atoms with Crippen LogP contribution in [0.4, 0.5) is 0 Å². The lowest BCUT2D eigenvalue weighted by atomic mass is 9.98. The van der Waals surface area contributed by atoms with Crippen molar-refractivity contribution in [3.05, 3.63) is 0 Å². The highest BCUT2D eigenvalue weighted by molar-refractivity contribution is 5.93. The Bertz CT molecular complexity index is 469. The summed E-state index contributed by atoms with van der Waals surface area (Å²) in [7, 11) is 1.86. The van der Waals surface area contributed by atoms with Gasteiger partial charge in [-0.05, 0) is 31.6 Å². The molecule has 1 saturated carbocycles. The number of nitrogens with zero attached hydrogens (tertiary/aromatic N) is 2. The number of hydrogen-bond donors (Lipinski definition) is 1. The van der Waals surface area contributed by atoms with Crippen molar-refractivity contribution in [1.29, 1.82) is 0 Å². The minimum absolute atomic E-state index is 0.0134. The van der Waals surface area contributed by atoms with Crippen molar-refractivity contribution in [3.8, 4) is 11.8 Å². The zero-order valence-corrected chi connectivity index (χ0v) is 11.9. The largest absolute Gasteiger partial charge is 0.344 e. The van der Waals surface area contributed by atoms with Crippen LogP contribution in [0.3, 0.4) is 0 Å². The third-order valence-electron chi connectivity index (χ3n) is 4.29. The fourth-order valence-electron chi connectivity index (χ4n) is 2.82. The average molecular weight is 275 g/mol. The number of nitrogens with one attached hydrogen (secondary N) is 1. The van der Waals surface area contributed by atoms with E-state index in [1.807, 2.05) is 7.05 Å². The Kier molecular flexibility index (Phi) is 3.66. The molecule has 0 radical (unpaired) electrons. The number of piperidine rings is 1. The van der Waals surface area contributed by atoms with Crippen molar-refractivity contribution in [2.75, 3.05) is 26.7 Å². The van der Waals surface area contributed by atoms with Crippen LogP contribution in [0.5, 0.6) is 0 Å². The minimum atomic E-state index is -0.173. The van der Waals surface area contributed by atoms with E-state index in [-0.39, 0.29) is 23.9 Å². The normalized spacial score (nSPS) is 27.6. The second kappa shape index (κ2) is 5.45. The number of likely N-dealkylation sites (N-methyl/N-ethyl adjacent to an activating group) is 1. The highest BCUT2D eigenvalue weighted by Gasteiger charge is 2.39. The molecule has 3 fully saturated rings. The van der Waals surface area contributed by atoms with E-state index in [0.717, 1.165) is 45.3 Å². The van der Waals surface area contributed by atoms with Gasteiger partial charge in [0.1, 0.15) is 0 Å². The molecule has 2 aliphatic heterocycles. The van der Waals surface area contributed by atoms with Crippen molar-refractivity contribution in [2.24, 2.45) is 5.92 Å². The summed E-state index contributed by atoms with van der Waals surface area (Å²) in [6.07, 6.45) is 4.27. The van der Waals surface area contributed by atoms with Gasteiger partial charge in [0.25, 0.3) is 5.91 Å². The number of amides is 2. The Balaban J connectivity index is 1.43. The molecule has 0 aromatic rings. The molecule has 0 bridgehead atoms. The summed E-state index contributed by atoms with van der Waals surface area (Å²) in [4.78, 5) is 27.6. The van der Waals surface area contributed by atoms with Crippen molar-refractivity contribution < 1.29 is 9.59 Å². The van der Waals surface area contributed by atoms with Gasteiger partial charge in [0.2, 0.25) is 5.91 Å². The van der Waals surface area contributed by atoms with Gasteiger partial charge in [0.15, 0.2) is 0 Å². The van der Waals surface area contributed by atoms with Gasteiger partial charge in [-0.1, -0.05) is 5.92 Å². The number of hydrogen-bond acceptors (Lipinski definition) is 3. The smallest absolute Gasteiger partial charge is 0.296 e. The third-order valence-corrected chi connectivity index (χ3v) is 4.29. The zero-order valence-electron chi connectivity index (χ0n) is 11.9. The first kappa shape index (κ1) is 13.4. The molecular weight excluding hydrogens is 254 g/mol. The van der Waals surface area contributed by atoms with E-state index in [1.54, 1.807) is 4.90 Å². The molecule has 108 valence electrons. The number of rotatable bonds is 2. The second-order valence-electron chi connectivity index (χ2n) is 6.09. The van der Waals surface area contributed by atoms with E-state index >= 15 is 0 Å². The molecule has 2 amide bonds. The van der Waals surface area contributed by atoms with Crippen LogP contribution < -0.4 is 5.32 Å². The van der Waals surface area contributed by atoms with Gasteiger partial charge < -0.3 is 10.2 Å². The van der Waals surface area contributed by atoms with E-state index in [1.165, 1.54) is 0 Å². The zero-order chi connectivity index (χ0) is 14.1. The van der Waals surface area contributed by atoms with E-state index in [9.17, 15) is 9.59 Å². The van der Waals surface area contributed by atoms with Crippen LogP contribution in [0, 0.1) is 17.8 Å². The predicted octanol–water partition coefficient (Wildman–Crippen LogP) is -0.179. The molecule has 2 saturated heterocycles. The Morgan fingerprint density at radius 1 is 1.30 bits per heavy atom. The number of carbonyl (C=O) groups is 2. The molecular formula is C15H21N3O2. The quantitative estimate of drug-likeness (QED) is 0.711. The summed E-state index contributed by atoms with van der Waals surface area (Å²) in [5.41, 5.74) is 0. The standard InChI is InChI=1S/C15H21N3O2/c1-17-8-2-3-13(15(17)20)18-9-12(10-18)16-14(19)7-6-11-4-5-11/h11-13H,2-5,8-10H2,1H3,(H,16,19). The summed E-state index contributed by atoms with van der Waals surface area (Å²) in [6, 6.07) is 0.162. The molecule has 1 aliphatic carbocycles. The van der Waals surface area contributed by atoms with Crippen LogP contribution in [-0.4, -0.2) is 60.4 Å². The Hall–Kier alpha value is -1.54. The van der Waals surface area contributed by atoms with Gasteiger partial charge in [0, 0.05) is 32.6 Å². The van der Waals surface area contributed by atoms with Crippen molar-refractivity contribution in [2.45, 2.75) is 37.8 Å². The van der Waals surface area contributed by atoms with Gasteiger partial charge in [-0.25, -0.2) is 0 Å². The summed E-state index contributed by atoms with van der Waals surface area (Å²) in [5, 5.41) is 2.92. The Morgan fingerprint density at radius 2 is 2.05 bits per heavy atom. The van der Waals surface area contributed by atoms with Gasteiger partial charge in [-0.2, -0.15) is 0 Å². The van der Waals surface area contributed by atoms with Crippen molar-refractivity contribution >= 4 is 11.8 Å². The molecule has 2 heterocycles. The van der Waals surface area contributed by atoms with E-state index in [4.69, 9.17) is 0 Å². The number of carbonyl (C=O) groups excluding carboxylic acids is 2. The van der Waals surface area contributed by atoms with Gasteiger partial charge >= 0.3 is 0 Å². The van der Waals surface area contributed by atoms with E-state index in [2.05, 4.69) is 22.1 Å². The first-order chi connectivity index (χ1) is 9.63. The maximum atomic E-state index is 12.0. The molecule has 0 aromatic carbocycles. The summed E-state index contributed by atoms with van der Waals surface area (Å²) in [5.74, 6) is 6.12. The summed E-state index contributed by atoms with van der Waals surface area (Å²) in [6.45, 7) is 2.39. The Morgan fingerprint density at radius 3 is 2.75 bits per heavy atom. The lowest BCUT2D eigenvalue weighted by Gasteiger charge is -2.46.